The summed E-state index contributed by atoms with van der Waals surface area (Å²) in [6.45, 7) is 0. The number of amidine groups is 1. The minimum Gasteiger partial charge on any atom is -0.383 e. The van der Waals surface area contributed by atoms with Crippen LogP contribution in [0.4, 0.5) is 0 Å². The topological polar surface area (TPSA) is 38.4 Å². The lowest BCUT2D eigenvalue weighted by atomic mass is 10.2. The van der Waals surface area contributed by atoms with Crippen molar-refractivity contribution in [1.82, 2.24) is 0 Å². The minimum absolute atomic E-state index is 0.107. The highest BCUT2D eigenvalue weighted by Gasteiger charge is 2.02. The number of nitrogens with zero attached hydrogens (tertiary/aromatic N) is 1. The van der Waals surface area contributed by atoms with Gasteiger partial charge in [-0.3, -0.25) is 4.99 Å². The van der Waals surface area contributed by atoms with Crippen molar-refractivity contribution in [1.29, 1.82) is 0 Å². The summed E-state index contributed by atoms with van der Waals surface area (Å²) in [7, 11) is 0. The first-order valence-electron chi connectivity index (χ1n) is 4.60. The molecule has 0 unspecified atom stereocenters. The molecule has 2 nitrogen and oxygen atoms in total. The molecule has 0 saturated carbocycles. The highest BCUT2D eigenvalue weighted by molar-refractivity contribution is 5.97. The molecule has 1 aromatic rings. The Labute approximate surface area is 83.5 Å². The van der Waals surface area contributed by atoms with Crippen LogP contribution in [0.1, 0.15) is 5.56 Å². The molecule has 0 saturated heterocycles. The van der Waals surface area contributed by atoms with Gasteiger partial charge in [0.25, 0.3) is 0 Å². The van der Waals surface area contributed by atoms with Gasteiger partial charge in [-0.2, -0.15) is 0 Å². The molecule has 2 rings (SSSR count). The highest BCUT2D eigenvalue weighted by Crippen LogP contribution is 2.06. The number of nitrogens with two attached hydrogens (primary N) is 1. The lowest BCUT2D eigenvalue weighted by molar-refractivity contribution is 1.04. The van der Waals surface area contributed by atoms with Crippen LogP contribution in [0.2, 0.25) is 0 Å². The molecule has 2 heteroatoms. The van der Waals surface area contributed by atoms with Crippen LogP contribution in [0.15, 0.2) is 59.6 Å². The van der Waals surface area contributed by atoms with E-state index in [0.717, 1.165) is 5.56 Å². The average molecular weight is 184 g/mol. The third-order valence-electron chi connectivity index (χ3n) is 2.09. The maximum atomic E-state index is 5.86. The molecule has 0 fully saturated rings. The second-order valence-electron chi connectivity index (χ2n) is 3.14. The zero-order valence-corrected chi connectivity index (χ0v) is 7.80. The van der Waals surface area contributed by atoms with Crippen LogP contribution in [0.5, 0.6) is 0 Å². The maximum Gasteiger partial charge on any atom is 0.126 e. The van der Waals surface area contributed by atoms with Crippen molar-refractivity contribution in [2.24, 2.45) is 10.7 Å². The van der Waals surface area contributed by atoms with Crippen LogP contribution in [-0.4, -0.2) is 11.9 Å². The molecule has 0 aromatic heterocycles. The van der Waals surface area contributed by atoms with Crippen LogP contribution >= 0.6 is 0 Å². The van der Waals surface area contributed by atoms with E-state index in [1.165, 1.54) is 0 Å². The smallest absolute Gasteiger partial charge is 0.126 e. The first kappa shape index (κ1) is 8.75. The van der Waals surface area contributed by atoms with Gasteiger partial charge in [0.2, 0.25) is 0 Å². The van der Waals surface area contributed by atoms with E-state index in [1.54, 1.807) is 0 Å². The second-order valence-corrected chi connectivity index (χ2v) is 3.14. The number of hydrogen-bond donors (Lipinski definition) is 1. The van der Waals surface area contributed by atoms with E-state index >= 15 is 0 Å². The molecular formula is C12H12N2. The monoisotopic (exact) mass is 184 g/mol. The number of aliphatic imine (C=N–C) groups is 1. The predicted molar refractivity (Wildman–Crippen MR) is 59.2 cm³/mol. The Morgan fingerprint density at radius 2 is 1.71 bits per heavy atom. The van der Waals surface area contributed by atoms with Crippen molar-refractivity contribution in [2.45, 2.75) is 6.04 Å². The van der Waals surface area contributed by atoms with Gasteiger partial charge in [-0.15, -0.1) is 0 Å². The van der Waals surface area contributed by atoms with Gasteiger partial charge < -0.3 is 5.73 Å². The van der Waals surface area contributed by atoms with Crippen molar-refractivity contribution in [3.63, 3.8) is 0 Å². The number of hydrogen-bond acceptors (Lipinski definition) is 1. The van der Waals surface area contributed by atoms with E-state index < -0.39 is 0 Å². The van der Waals surface area contributed by atoms with Gasteiger partial charge in [0, 0.05) is 5.56 Å². The molecule has 0 amide bonds. The summed E-state index contributed by atoms with van der Waals surface area (Å²) in [5, 5.41) is 0. The van der Waals surface area contributed by atoms with Gasteiger partial charge in [0.05, 0.1) is 6.04 Å². The van der Waals surface area contributed by atoms with E-state index in [2.05, 4.69) is 4.99 Å². The maximum absolute atomic E-state index is 5.86. The van der Waals surface area contributed by atoms with E-state index in [-0.39, 0.29) is 6.04 Å². The summed E-state index contributed by atoms with van der Waals surface area (Å²) < 4.78 is 0. The zero-order valence-electron chi connectivity index (χ0n) is 7.80. The molecule has 0 heterocycles. The van der Waals surface area contributed by atoms with Crippen molar-refractivity contribution >= 4 is 5.84 Å². The zero-order chi connectivity index (χ0) is 9.80. The van der Waals surface area contributed by atoms with Gasteiger partial charge in [0.1, 0.15) is 5.84 Å². The molecule has 0 spiro atoms. The third kappa shape index (κ3) is 1.91. The molecule has 0 atom stereocenters. The Morgan fingerprint density at radius 3 is 2.36 bits per heavy atom. The Kier molecular flexibility index (Phi) is 2.45. The SMILES string of the molecule is NC(=NC1C=CC=C1)c1ccccc1. The molecule has 0 aliphatic heterocycles. The van der Waals surface area contributed by atoms with Gasteiger partial charge >= 0.3 is 0 Å². The van der Waals surface area contributed by atoms with Crippen LogP contribution in [0, 0.1) is 0 Å². The highest BCUT2D eigenvalue weighted by atomic mass is 14.9. The van der Waals surface area contributed by atoms with E-state index in [9.17, 15) is 0 Å². The minimum atomic E-state index is 0.107. The number of allylic oxidation sites excluding steroid dienone is 2. The fourth-order valence-corrected chi connectivity index (χ4v) is 1.35. The largest absolute Gasteiger partial charge is 0.383 e. The van der Waals surface area contributed by atoms with Crippen molar-refractivity contribution in [3.8, 4) is 0 Å². The average Bonchev–Trinajstić information content (AvgIpc) is 2.72. The first-order valence-corrected chi connectivity index (χ1v) is 4.60. The summed E-state index contributed by atoms with van der Waals surface area (Å²) >= 11 is 0. The number of rotatable bonds is 2. The Hall–Kier alpha value is -1.83. The van der Waals surface area contributed by atoms with Crippen LogP contribution in [-0.2, 0) is 0 Å². The Bertz CT molecular complexity index is 376. The summed E-state index contributed by atoms with van der Waals surface area (Å²) in [5.74, 6) is 0.590. The van der Waals surface area contributed by atoms with Crippen LogP contribution < -0.4 is 5.73 Å². The standard InChI is InChI=1S/C12H12N2/c13-12(10-6-2-1-3-7-10)14-11-8-4-5-9-11/h1-9,11H,(H2,13,14). The van der Waals surface area contributed by atoms with Crippen molar-refractivity contribution in [3.05, 3.63) is 60.2 Å². The summed E-state index contributed by atoms with van der Waals surface area (Å²) in [4.78, 5) is 4.37. The first-order chi connectivity index (χ1) is 6.86. The Balaban J connectivity index is 2.19. The fourth-order valence-electron chi connectivity index (χ4n) is 1.35. The molecule has 0 radical (unpaired) electrons. The molecule has 0 bridgehead atoms. The quantitative estimate of drug-likeness (QED) is 0.553. The summed E-state index contributed by atoms with van der Waals surface area (Å²) in [5.41, 5.74) is 6.83. The second kappa shape index (κ2) is 3.92. The van der Waals surface area contributed by atoms with Gasteiger partial charge in [-0.1, -0.05) is 54.6 Å². The summed E-state index contributed by atoms with van der Waals surface area (Å²) in [6, 6.07) is 9.90. The number of benzene rings is 1. The summed E-state index contributed by atoms with van der Waals surface area (Å²) in [6.07, 6.45) is 7.98. The Morgan fingerprint density at radius 1 is 1.07 bits per heavy atom. The van der Waals surface area contributed by atoms with E-state index in [0.29, 0.717) is 5.84 Å². The van der Waals surface area contributed by atoms with E-state index in [1.807, 2.05) is 54.6 Å². The molecule has 70 valence electrons. The molecule has 1 aliphatic rings. The lowest BCUT2D eigenvalue weighted by Crippen LogP contribution is -2.15. The van der Waals surface area contributed by atoms with E-state index in [4.69, 9.17) is 5.73 Å². The normalized spacial score (nSPS) is 16.4. The van der Waals surface area contributed by atoms with Crippen molar-refractivity contribution < 1.29 is 0 Å². The lowest BCUT2D eigenvalue weighted by Gasteiger charge is -2.02. The molecular weight excluding hydrogens is 172 g/mol. The van der Waals surface area contributed by atoms with Crippen LogP contribution in [0.3, 0.4) is 0 Å². The van der Waals surface area contributed by atoms with Crippen LogP contribution in [0.25, 0.3) is 0 Å². The van der Waals surface area contributed by atoms with Crippen molar-refractivity contribution in [2.75, 3.05) is 0 Å². The molecule has 2 N–H and O–H groups in total. The third-order valence-corrected chi connectivity index (χ3v) is 2.09. The van der Waals surface area contributed by atoms with Gasteiger partial charge in [0.15, 0.2) is 0 Å². The fraction of sp³-hybridized carbons (Fsp3) is 0.0833. The molecule has 14 heavy (non-hydrogen) atoms. The van der Waals surface area contributed by atoms with Gasteiger partial charge in [-0.05, 0) is 0 Å². The molecule has 1 aromatic carbocycles. The predicted octanol–water partition coefficient (Wildman–Crippen LogP) is 1.89. The molecule has 1 aliphatic carbocycles. The van der Waals surface area contributed by atoms with Gasteiger partial charge in [-0.25, -0.2) is 0 Å².